The van der Waals surface area contributed by atoms with Crippen molar-refractivity contribution in [3.05, 3.63) is 29.8 Å². The highest BCUT2D eigenvalue weighted by molar-refractivity contribution is 7.85. The van der Waals surface area contributed by atoms with Crippen molar-refractivity contribution in [1.82, 2.24) is 0 Å². The second-order valence-corrected chi connectivity index (χ2v) is 5.98. The SMILES string of the molecule is Cc1ccc([S@](=O)[C@H]2CC(=O)O[C@@H]2C(F)(F)F)cc1. The average Bonchev–Trinajstić information content (AvgIpc) is 2.71. The Kier molecular flexibility index (Phi) is 3.66. The van der Waals surface area contributed by atoms with Gasteiger partial charge < -0.3 is 4.74 Å². The molecule has 3 nitrogen and oxygen atoms in total. The first kappa shape index (κ1) is 14.0. The lowest BCUT2D eigenvalue weighted by Crippen LogP contribution is -2.39. The van der Waals surface area contributed by atoms with Crippen LogP contribution in [0, 0.1) is 6.92 Å². The Balaban J connectivity index is 2.27. The zero-order chi connectivity index (χ0) is 14.2. The summed E-state index contributed by atoms with van der Waals surface area (Å²) in [5.41, 5.74) is 0.909. The molecular weight excluding hydrogens is 281 g/mol. The molecule has 0 saturated carbocycles. The molecular formula is C12H11F3O3S. The molecule has 19 heavy (non-hydrogen) atoms. The second-order valence-electron chi connectivity index (χ2n) is 4.31. The van der Waals surface area contributed by atoms with Crippen LogP contribution in [0.15, 0.2) is 29.2 Å². The first-order valence-electron chi connectivity index (χ1n) is 5.52. The van der Waals surface area contributed by atoms with Gasteiger partial charge in [0.25, 0.3) is 0 Å². The zero-order valence-corrected chi connectivity index (χ0v) is 10.8. The molecule has 1 saturated heterocycles. The van der Waals surface area contributed by atoms with Crippen LogP contribution in [0.1, 0.15) is 12.0 Å². The molecule has 7 heteroatoms. The predicted molar refractivity (Wildman–Crippen MR) is 61.9 cm³/mol. The van der Waals surface area contributed by atoms with Crippen LogP contribution < -0.4 is 0 Å². The number of alkyl halides is 3. The number of carbonyl (C=O) groups is 1. The molecule has 1 aliphatic rings. The third-order valence-electron chi connectivity index (χ3n) is 2.81. The van der Waals surface area contributed by atoms with Crippen molar-refractivity contribution in [2.45, 2.75) is 35.8 Å². The Morgan fingerprint density at radius 3 is 2.37 bits per heavy atom. The highest BCUT2D eigenvalue weighted by Crippen LogP contribution is 2.35. The first-order valence-corrected chi connectivity index (χ1v) is 6.74. The zero-order valence-electron chi connectivity index (χ0n) is 9.94. The topological polar surface area (TPSA) is 43.4 Å². The van der Waals surface area contributed by atoms with Gasteiger partial charge in [0.15, 0.2) is 0 Å². The molecule has 1 aromatic carbocycles. The standard InChI is InChI=1S/C12H11F3O3S/c1-7-2-4-8(5-3-7)19(17)9-6-10(16)18-11(9)12(13,14)15/h2-5,9,11H,6H2,1H3/t9-,11-,19-/m0/s1. The van der Waals surface area contributed by atoms with Gasteiger partial charge in [0.1, 0.15) is 0 Å². The monoisotopic (exact) mass is 292 g/mol. The molecule has 1 aromatic rings. The summed E-state index contributed by atoms with van der Waals surface area (Å²) in [5.74, 6) is -0.965. The molecule has 1 fully saturated rings. The van der Waals surface area contributed by atoms with Crippen molar-refractivity contribution in [3.8, 4) is 0 Å². The van der Waals surface area contributed by atoms with Gasteiger partial charge in [0, 0.05) is 4.90 Å². The molecule has 0 bridgehead atoms. The number of esters is 1. The lowest BCUT2D eigenvalue weighted by Gasteiger charge is -2.19. The van der Waals surface area contributed by atoms with Crippen LogP contribution in [0.4, 0.5) is 13.2 Å². The summed E-state index contributed by atoms with van der Waals surface area (Å²) in [4.78, 5) is 11.3. The Labute approximate surface area is 110 Å². The average molecular weight is 292 g/mol. The van der Waals surface area contributed by atoms with Crippen molar-refractivity contribution in [1.29, 1.82) is 0 Å². The number of cyclic esters (lactones) is 1. The number of benzene rings is 1. The Bertz CT molecular complexity index is 510. The van der Waals surface area contributed by atoms with Crippen LogP contribution in [0.3, 0.4) is 0 Å². The largest absolute Gasteiger partial charge is 0.451 e. The minimum atomic E-state index is -4.70. The summed E-state index contributed by atoms with van der Waals surface area (Å²) in [6, 6.07) is 6.32. The predicted octanol–water partition coefficient (Wildman–Crippen LogP) is 2.35. The van der Waals surface area contributed by atoms with Crippen molar-refractivity contribution >= 4 is 16.8 Å². The molecule has 2 rings (SSSR count). The fourth-order valence-electron chi connectivity index (χ4n) is 1.85. The minimum Gasteiger partial charge on any atom is -0.451 e. The van der Waals surface area contributed by atoms with Crippen LogP contribution in [0.5, 0.6) is 0 Å². The van der Waals surface area contributed by atoms with E-state index in [-0.39, 0.29) is 4.90 Å². The number of aryl methyl sites for hydroxylation is 1. The van der Waals surface area contributed by atoms with Gasteiger partial charge in [-0.15, -0.1) is 0 Å². The molecule has 0 aromatic heterocycles. The van der Waals surface area contributed by atoms with E-state index in [2.05, 4.69) is 4.74 Å². The van der Waals surface area contributed by atoms with Gasteiger partial charge in [-0.1, -0.05) is 17.7 Å². The second kappa shape index (κ2) is 4.96. The van der Waals surface area contributed by atoms with E-state index < -0.39 is 40.7 Å². The van der Waals surface area contributed by atoms with E-state index >= 15 is 0 Å². The molecule has 0 unspecified atom stereocenters. The first-order chi connectivity index (χ1) is 8.79. The maximum absolute atomic E-state index is 12.7. The Hall–Kier alpha value is -1.37. The molecule has 0 radical (unpaired) electrons. The van der Waals surface area contributed by atoms with Crippen molar-refractivity contribution in [3.63, 3.8) is 0 Å². The van der Waals surface area contributed by atoms with Gasteiger partial charge in [-0.3, -0.25) is 9.00 Å². The van der Waals surface area contributed by atoms with Crippen molar-refractivity contribution in [2.75, 3.05) is 0 Å². The fraction of sp³-hybridized carbons (Fsp3) is 0.417. The Morgan fingerprint density at radius 2 is 1.84 bits per heavy atom. The molecule has 0 spiro atoms. The van der Waals surface area contributed by atoms with Gasteiger partial charge in [-0.25, -0.2) is 0 Å². The number of ether oxygens (including phenoxy) is 1. The number of hydrogen-bond donors (Lipinski definition) is 0. The van der Waals surface area contributed by atoms with Gasteiger partial charge >= 0.3 is 12.1 Å². The van der Waals surface area contributed by atoms with Crippen LogP contribution >= 0.6 is 0 Å². The van der Waals surface area contributed by atoms with Gasteiger partial charge in [0.2, 0.25) is 6.10 Å². The normalized spacial score (nSPS) is 25.2. The highest BCUT2D eigenvalue weighted by atomic mass is 32.2. The summed E-state index contributed by atoms with van der Waals surface area (Å²) in [6.07, 6.45) is -7.47. The smallest absolute Gasteiger partial charge is 0.426 e. The van der Waals surface area contributed by atoms with Gasteiger partial charge in [-0.2, -0.15) is 13.2 Å². The van der Waals surface area contributed by atoms with E-state index in [0.717, 1.165) is 5.56 Å². The summed E-state index contributed by atoms with van der Waals surface area (Å²) in [5, 5.41) is -1.38. The van der Waals surface area contributed by atoms with E-state index in [9.17, 15) is 22.2 Å². The molecule has 0 amide bonds. The molecule has 104 valence electrons. The highest BCUT2D eigenvalue weighted by Gasteiger charge is 2.54. The maximum atomic E-state index is 12.7. The van der Waals surface area contributed by atoms with E-state index in [4.69, 9.17) is 0 Å². The van der Waals surface area contributed by atoms with Gasteiger partial charge in [-0.05, 0) is 19.1 Å². The fourth-order valence-corrected chi connectivity index (χ4v) is 3.33. The minimum absolute atomic E-state index is 0.267. The Morgan fingerprint density at radius 1 is 1.26 bits per heavy atom. The number of carbonyl (C=O) groups excluding carboxylic acids is 1. The number of hydrogen-bond acceptors (Lipinski definition) is 3. The molecule has 3 atom stereocenters. The molecule has 1 heterocycles. The summed E-state index contributed by atoms with van der Waals surface area (Å²) >= 11 is 0. The number of rotatable bonds is 2. The molecule has 1 aliphatic heterocycles. The summed E-state index contributed by atoms with van der Waals surface area (Å²) in [7, 11) is -1.93. The van der Waals surface area contributed by atoms with E-state index in [1.807, 2.05) is 6.92 Å². The number of halogens is 3. The van der Waals surface area contributed by atoms with Crippen LogP contribution in [-0.2, 0) is 20.3 Å². The van der Waals surface area contributed by atoms with Crippen LogP contribution in [-0.4, -0.2) is 27.7 Å². The van der Waals surface area contributed by atoms with Gasteiger partial charge in [0.05, 0.1) is 22.5 Å². The van der Waals surface area contributed by atoms with Crippen molar-refractivity contribution < 1.29 is 26.9 Å². The lowest BCUT2D eigenvalue weighted by molar-refractivity contribution is -0.208. The van der Waals surface area contributed by atoms with Crippen molar-refractivity contribution in [2.24, 2.45) is 0 Å². The van der Waals surface area contributed by atoms with Crippen LogP contribution in [0.25, 0.3) is 0 Å². The van der Waals surface area contributed by atoms with E-state index in [0.29, 0.717) is 0 Å². The quantitative estimate of drug-likeness (QED) is 0.786. The van der Waals surface area contributed by atoms with Crippen LogP contribution in [0.2, 0.25) is 0 Å². The lowest BCUT2D eigenvalue weighted by atomic mass is 10.2. The summed E-state index contributed by atoms with van der Waals surface area (Å²) in [6.45, 7) is 1.81. The maximum Gasteiger partial charge on any atom is 0.426 e. The van der Waals surface area contributed by atoms with E-state index in [1.165, 1.54) is 12.1 Å². The third kappa shape index (κ3) is 2.97. The molecule has 0 N–H and O–H groups in total. The van der Waals surface area contributed by atoms with E-state index in [1.54, 1.807) is 12.1 Å². The molecule has 0 aliphatic carbocycles. The third-order valence-corrected chi connectivity index (χ3v) is 4.52. The summed E-state index contributed by atoms with van der Waals surface area (Å²) < 4.78 is 54.5.